The molecule has 0 bridgehead atoms. The van der Waals surface area contributed by atoms with E-state index in [2.05, 4.69) is 4.74 Å². The van der Waals surface area contributed by atoms with Crippen molar-refractivity contribution in [3.05, 3.63) is 11.1 Å². The molecule has 1 heterocycles. The van der Waals surface area contributed by atoms with Crippen molar-refractivity contribution in [1.29, 1.82) is 0 Å². The molecule has 2 rings (SSSR count). The second-order valence-corrected chi connectivity index (χ2v) is 3.89. The van der Waals surface area contributed by atoms with E-state index in [1.54, 1.807) is 0 Å². The fraction of sp³-hybridized carbons (Fsp3) is 0.636. The molecule has 15 heavy (non-hydrogen) atoms. The van der Waals surface area contributed by atoms with Gasteiger partial charge in [-0.3, -0.25) is 4.79 Å². The smallest absolute Gasteiger partial charge is 0.334 e. The zero-order valence-electron chi connectivity index (χ0n) is 8.75. The van der Waals surface area contributed by atoms with Crippen LogP contribution in [0.4, 0.5) is 0 Å². The SMILES string of the molecule is COC(=O)CC1OC(=O)C2=C1CCCC2. The molecule has 0 radical (unpaired) electrons. The lowest BCUT2D eigenvalue weighted by atomic mass is 9.89. The predicted molar refractivity (Wildman–Crippen MR) is 52.0 cm³/mol. The third kappa shape index (κ3) is 1.89. The highest BCUT2D eigenvalue weighted by Gasteiger charge is 2.36. The lowest BCUT2D eigenvalue weighted by molar-refractivity contribution is -0.147. The van der Waals surface area contributed by atoms with E-state index in [1.807, 2.05) is 0 Å². The van der Waals surface area contributed by atoms with Gasteiger partial charge < -0.3 is 9.47 Å². The lowest BCUT2D eigenvalue weighted by Crippen LogP contribution is -2.18. The van der Waals surface area contributed by atoms with Crippen molar-refractivity contribution >= 4 is 11.9 Å². The molecule has 0 aromatic carbocycles. The van der Waals surface area contributed by atoms with Crippen LogP contribution in [0.1, 0.15) is 32.1 Å². The average molecular weight is 210 g/mol. The zero-order chi connectivity index (χ0) is 10.8. The van der Waals surface area contributed by atoms with Crippen LogP contribution >= 0.6 is 0 Å². The minimum atomic E-state index is -0.361. The summed E-state index contributed by atoms with van der Waals surface area (Å²) in [5.41, 5.74) is 1.83. The quantitative estimate of drug-likeness (QED) is 0.645. The number of esters is 2. The van der Waals surface area contributed by atoms with Crippen LogP contribution in [0.3, 0.4) is 0 Å². The van der Waals surface area contributed by atoms with Gasteiger partial charge in [0.15, 0.2) is 0 Å². The minimum absolute atomic E-state index is 0.154. The van der Waals surface area contributed by atoms with E-state index in [-0.39, 0.29) is 24.5 Å². The van der Waals surface area contributed by atoms with Crippen LogP contribution in [0.2, 0.25) is 0 Å². The van der Waals surface area contributed by atoms with Gasteiger partial charge in [0, 0.05) is 5.57 Å². The van der Waals surface area contributed by atoms with Crippen molar-refractivity contribution < 1.29 is 19.1 Å². The Labute approximate surface area is 88.2 Å². The van der Waals surface area contributed by atoms with Gasteiger partial charge in [0.2, 0.25) is 0 Å². The second kappa shape index (κ2) is 4.04. The molecule has 1 aliphatic carbocycles. The molecule has 0 saturated carbocycles. The Morgan fingerprint density at radius 3 is 2.93 bits per heavy atom. The van der Waals surface area contributed by atoms with Crippen molar-refractivity contribution in [2.45, 2.75) is 38.2 Å². The van der Waals surface area contributed by atoms with Crippen LogP contribution in [0.5, 0.6) is 0 Å². The van der Waals surface area contributed by atoms with Gasteiger partial charge in [-0.25, -0.2) is 4.79 Å². The predicted octanol–water partition coefficient (Wildman–Crippen LogP) is 1.35. The normalized spacial score (nSPS) is 24.9. The van der Waals surface area contributed by atoms with E-state index in [9.17, 15) is 9.59 Å². The van der Waals surface area contributed by atoms with Gasteiger partial charge in [-0.1, -0.05) is 0 Å². The molecule has 0 saturated heterocycles. The summed E-state index contributed by atoms with van der Waals surface area (Å²) in [5.74, 6) is -0.564. The van der Waals surface area contributed by atoms with Crippen molar-refractivity contribution in [2.24, 2.45) is 0 Å². The summed E-state index contributed by atoms with van der Waals surface area (Å²) in [6, 6.07) is 0. The number of carbonyl (C=O) groups excluding carboxylic acids is 2. The monoisotopic (exact) mass is 210 g/mol. The summed E-state index contributed by atoms with van der Waals surface area (Å²) in [6.07, 6.45) is 3.59. The first-order chi connectivity index (χ1) is 7.22. The summed E-state index contributed by atoms with van der Waals surface area (Å²) < 4.78 is 9.74. The molecule has 4 heteroatoms. The molecule has 1 aliphatic heterocycles. The average Bonchev–Trinajstić information content (AvgIpc) is 2.57. The maximum Gasteiger partial charge on any atom is 0.334 e. The van der Waals surface area contributed by atoms with Crippen molar-refractivity contribution in [3.8, 4) is 0 Å². The molecular formula is C11H14O4. The first kappa shape index (κ1) is 10.2. The van der Waals surface area contributed by atoms with E-state index in [4.69, 9.17) is 4.74 Å². The Morgan fingerprint density at radius 2 is 2.20 bits per heavy atom. The van der Waals surface area contributed by atoms with Crippen LogP contribution in [0.25, 0.3) is 0 Å². The Morgan fingerprint density at radius 1 is 1.47 bits per heavy atom. The van der Waals surface area contributed by atoms with Crippen LogP contribution in [-0.2, 0) is 19.1 Å². The third-order valence-electron chi connectivity index (χ3n) is 2.97. The maximum atomic E-state index is 11.5. The highest BCUT2D eigenvalue weighted by atomic mass is 16.6. The number of ether oxygens (including phenoxy) is 2. The van der Waals surface area contributed by atoms with E-state index in [0.29, 0.717) is 0 Å². The largest absolute Gasteiger partial charge is 0.469 e. The first-order valence-electron chi connectivity index (χ1n) is 5.22. The molecule has 4 nitrogen and oxygen atoms in total. The fourth-order valence-corrected chi connectivity index (χ4v) is 2.19. The molecule has 2 aliphatic rings. The molecule has 0 aromatic rings. The molecule has 82 valence electrons. The van der Waals surface area contributed by atoms with Crippen molar-refractivity contribution in [3.63, 3.8) is 0 Å². The number of hydrogen-bond acceptors (Lipinski definition) is 4. The van der Waals surface area contributed by atoms with E-state index < -0.39 is 0 Å². The Hall–Kier alpha value is -1.32. The molecule has 0 fully saturated rings. The van der Waals surface area contributed by atoms with Gasteiger partial charge in [0.1, 0.15) is 6.10 Å². The van der Waals surface area contributed by atoms with Gasteiger partial charge in [-0.15, -0.1) is 0 Å². The van der Waals surface area contributed by atoms with Gasteiger partial charge in [0.25, 0.3) is 0 Å². The maximum absolute atomic E-state index is 11.5. The minimum Gasteiger partial charge on any atom is -0.469 e. The van der Waals surface area contributed by atoms with Gasteiger partial charge in [0.05, 0.1) is 13.5 Å². The standard InChI is InChI=1S/C11H14O4/c1-14-10(12)6-9-7-4-2-3-5-8(7)11(13)15-9/h9H,2-6H2,1H3. The summed E-state index contributed by atoms with van der Waals surface area (Å²) in [4.78, 5) is 22.6. The van der Waals surface area contributed by atoms with Gasteiger partial charge in [-0.2, -0.15) is 0 Å². The molecule has 0 aromatic heterocycles. The highest BCUT2D eigenvalue weighted by Crippen LogP contribution is 2.35. The third-order valence-corrected chi connectivity index (χ3v) is 2.97. The van der Waals surface area contributed by atoms with Crippen molar-refractivity contribution in [2.75, 3.05) is 7.11 Å². The topological polar surface area (TPSA) is 52.6 Å². The van der Waals surface area contributed by atoms with Gasteiger partial charge in [-0.05, 0) is 31.3 Å². The number of hydrogen-bond donors (Lipinski definition) is 0. The molecular weight excluding hydrogens is 196 g/mol. The van der Waals surface area contributed by atoms with E-state index in [1.165, 1.54) is 7.11 Å². The Bertz CT molecular complexity index is 329. The molecule has 1 unspecified atom stereocenters. The molecule has 0 N–H and O–H groups in total. The number of cyclic esters (lactones) is 1. The molecule has 1 atom stereocenters. The Balaban J connectivity index is 2.12. The van der Waals surface area contributed by atoms with Crippen LogP contribution in [0, 0.1) is 0 Å². The second-order valence-electron chi connectivity index (χ2n) is 3.89. The number of methoxy groups -OCH3 is 1. The number of carbonyl (C=O) groups is 2. The Kier molecular flexibility index (Phi) is 2.75. The van der Waals surface area contributed by atoms with Crippen LogP contribution in [-0.4, -0.2) is 25.2 Å². The fourth-order valence-electron chi connectivity index (χ4n) is 2.19. The first-order valence-corrected chi connectivity index (χ1v) is 5.22. The van der Waals surface area contributed by atoms with Crippen LogP contribution < -0.4 is 0 Å². The van der Waals surface area contributed by atoms with Crippen molar-refractivity contribution in [1.82, 2.24) is 0 Å². The summed E-state index contributed by atoms with van der Waals surface area (Å²) in [7, 11) is 1.34. The lowest BCUT2D eigenvalue weighted by Gasteiger charge is -2.15. The van der Waals surface area contributed by atoms with E-state index in [0.717, 1.165) is 36.8 Å². The highest BCUT2D eigenvalue weighted by molar-refractivity contribution is 5.93. The number of rotatable bonds is 2. The molecule has 0 spiro atoms. The summed E-state index contributed by atoms with van der Waals surface area (Å²) >= 11 is 0. The zero-order valence-corrected chi connectivity index (χ0v) is 8.75. The van der Waals surface area contributed by atoms with Crippen LogP contribution in [0.15, 0.2) is 11.1 Å². The molecule has 0 amide bonds. The van der Waals surface area contributed by atoms with Gasteiger partial charge >= 0.3 is 11.9 Å². The summed E-state index contributed by atoms with van der Waals surface area (Å²) in [6.45, 7) is 0. The van der Waals surface area contributed by atoms with E-state index >= 15 is 0 Å². The summed E-state index contributed by atoms with van der Waals surface area (Å²) in [5, 5.41) is 0.